The summed E-state index contributed by atoms with van der Waals surface area (Å²) < 4.78 is 44.2. The number of ether oxygens (including phenoxy) is 1. The van der Waals surface area contributed by atoms with Crippen molar-refractivity contribution in [2.75, 3.05) is 7.11 Å². The van der Waals surface area contributed by atoms with Crippen molar-refractivity contribution in [1.29, 1.82) is 0 Å². The first-order chi connectivity index (χ1) is 15.6. The van der Waals surface area contributed by atoms with E-state index in [0.29, 0.717) is 5.56 Å². The van der Waals surface area contributed by atoms with Crippen molar-refractivity contribution in [1.82, 2.24) is 10.3 Å². The minimum absolute atomic E-state index is 0.0153. The first-order valence-corrected chi connectivity index (χ1v) is 9.91. The summed E-state index contributed by atoms with van der Waals surface area (Å²) in [5.41, 5.74) is 1.11. The van der Waals surface area contributed by atoms with Gasteiger partial charge in [0, 0.05) is 5.56 Å². The fraction of sp³-hybridized carbons (Fsp3) is 0.208. The Kier molecular flexibility index (Phi) is 7.01. The first kappa shape index (κ1) is 23.8. The van der Waals surface area contributed by atoms with Gasteiger partial charge in [0.15, 0.2) is 0 Å². The number of halogens is 3. The molecule has 3 rings (SSSR count). The van der Waals surface area contributed by atoms with Gasteiger partial charge in [-0.15, -0.1) is 0 Å². The van der Waals surface area contributed by atoms with E-state index in [9.17, 15) is 27.9 Å². The van der Waals surface area contributed by atoms with Gasteiger partial charge in [-0.25, -0.2) is 4.98 Å². The molecule has 9 heteroatoms. The third-order valence-electron chi connectivity index (χ3n) is 5.03. The van der Waals surface area contributed by atoms with E-state index in [4.69, 9.17) is 4.74 Å². The number of carboxylic acid groups (broad SMARTS) is 1. The van der Waals surface area contributed by atoms with E-state index in [2.05, 4.69) is 10.3 Å². The van der Waals surface area contributed by atoms with Crippen molar-refractivity contribution in [2.45, 2.75) is 25.6 Å². The zero-order chi connectivity index (χ0) is 24.2. The molecule has 1 heterocycles. The van der Waals surface area contributed by atoms with Gasteiger partial charge in [-0.2, -0.15) is 13.2 Å². The van der Waals surface area contributed by atoms with Gasteiger partial charge in [-0.1, -0.05) is 30.3 Å². The fourth-order valence-electron chi connectivity index (χ4n) is 3.41. The second-order valence-corrected chi connectivity index (χ2v) is 7.30. The molecular weight excluding hydrogens is 437 g/mol. The Hall–Kier alpha value is -3.88. The Labute approximate surface area is 188 Å². The van der Waals surface area contributed by atoms with E-state index >= 15 is 0 Å². The number of aromatic nitrogens is 1. The van der Waals surface area contributed by atoms with Gasteiger partial charge in [0.1, 0.15) is 11.4 Å². The predicted octanol–water partition coefficient (Wildman–Crippen LogP) is 5.03. The molecule has 33 heavy (non-hydrogen) atoms. The van der Waals surface area contributed by atoms with Gasteiger partial charge in [-0.3, -0.25) is 9.59 Å². The lowest BCUT2D eigenvalue weighted by Gasteiger charge is -2.19. The molecule has 1 unspecified atom stereocenters. The third kappa shape index (κ3) is 5.68. The van der Waals surface area contributed by atoms with Gasteiger partial charge < -0.3 is 15.2 Å². The van der Waals surface area contributed by atoms with Crippen LogP contribution in [-0.2, 0) is 11.0 Å². The van der Waals surface area contributed by atoms with Crippen molar-refractivity contribution < 1.29 is 32.6 Å². The van der Waals surface area contributed by atoms with Crippen molar-refractivity contribution in [3.63, 3.8) is 0 Å². The standard InChI is InChI=1S/C24H21F3N2O4/c1-14-6-3-4-7-16(14)20(13-22(30)31)29-23(32)19-9-5-8-18(28-19)17-11-10-15(24(25,26)27)12-21(17)33-2/h3-12,20H,13H2,1-2H3,(H,29,32)(H,30,31). The molecule has 0 saturated carbocycles. The van der Waals surface area contributed by atoms with E-state index < -0.39 is 29.7 Å². The van der Waals surface area contributed by atoms with E-state index in [1.165, 1.54) is 31.4 Å². The molecule has 0 aliphatic carbocycles. The van der Waals surface area contributed by atoms with Crippen molar-refractivity contribution >= 4 is 11.9 Å². The molecule has 2 aromatic carbocycles. The number of carbonyl (C=O) groups is 2. The molecule has 0 radical (unpaired) electrons. The number of hydrogen-bond donors (Lipinski definition) is 2. The molecule has 0 fully saturated rings. The summed E-state index contributed by atoms with van der Waals surface area (Å²) in [6.07, 6.45) is -4.86. The number of aryl methyl sites for hydroxylation is 1. The number of carboxylic acids is 1. The minimum atomic E-state index is -4.53. The van der Waals surface area contributed by atoms with Crippen LogP contribution >= 0.6 is 0 Å². The number of carbonyl (C=O) groups excluding carboxylic acids is 1. The van der Waals surface area contributed by atoms with Crippen LogP contribution in [0.1, 0.15) is 39.6 Å². The molecule has 0 aliphatic rings. The summed E-state index contributed by atoms with van der Waals surface area (Å²) in [4.78, 5) is 28.5. The van der Waals surface area contributed by atoms with E-state index in [0.717, 1.165) is 17.7 Å². The Bertz CT molecular complexity index is 1180. The van der Waals surface area contributed by atoms with Crippen LogP contribution in [-0.4, -0.2) is 29.1 Å². The molecule has 2 N–H and O–H groups in total. The Morgan fingerprint density at radius 1 is 1.09 bits per heavy atom. The lowest BCUT2D eigenvalue weighted by atomic mass is 9.98. The van der Waals surface area contributed by atoms with Gasteiger partial charge in [0.05, 0.1) is 30.8 Å². The maximum absolute atomic E-state index is 13.0. The highest BCUT2D eigenvalue weighted by atomic mass is 19.4. The Balaban J connectivity index is 1.92. The fourth-order valence-corrected chi connectivity index (χ4v) is 3.41. The van der Waals surface area contributed by atoms with Crippen LogP contribution < -0.4 is 10.1 Å². The minimum Gasteiger partial charge on any atom is -0.496 e. The van der Waals surface area contributed by atoms with Crippen molar-refractivity contribution in [3.05, 3.63) is 83.0 Å². The molecule has 0 aliphatic heterocycles. The van der Waals surface area contributed by atoms with Crippen LogP contribution in [0.15, 0.2) is 60.7 Å². The highest BCUT2D eigenvalue weighted by molar-refractivity contribution is 5.93. The van der Waals surface area contributed by atoms with Gasteiger partial charge in [0.2, 0.25) is 0 Å². The number of benzene rings is 2. The normalized spacial score (nSPS) is 12.2. The van der Waals surface area contributed by atoms with Crippen LogP contribution in [0.3, 0.4) is 0 Å². The third-order valence-corrected chi connectivity index (χ3v) is 5.03. The van der Waals surface area contributed by atoms with Gasteiger partial charge in [0.25, 0.3) is 5.91 Å². The largest absolute Gasteiger partial charge is 0.496 e. The van der Waals surface area contributed by atoms with E-state index in [1.54, 1.807) is 18.2 Å². The zero-order valence-electron chi connectivity index (χ0n) is 17.8. The molecule has 0 spiro atoms. The molecule has 6 nitrogen and oxygen atoms in total. The van der Waals surface area contributed by atoms with E-state index in [-0.39, 0.29) is 29.1 Å². The number of methoxy groups -OCH3 is 1. The summed E-state index contributed by atoms with van der Waals surface area (Å²) in [6.45, 7) is 1.81. The maximum Gasteiger partial charge on any atom is 0.416 e. The quantitative estimate of drug-likeness (QED) is 0.519. The van der Waals surface area contributed by atoms with Crippen molar-refractivity contribution in [2.24, 2.45) is 0 Å². The predicted molar refractivity (Wildman–Crippen MR) is 115 cm³/mol. The highest BCUT2D eigenvalue weighted by Gasteiger charge is 2.31. The molecule has 0 bridgehead atoms. The summed E-state index contributed by atoms with van der Waals surface area (Å²) >= 11 is 0. The molecule has 1 atom stereocenters. The lowest BCUT2D eigenvalue weighted by molar-refractivity contribution is -0.138. The number of hydrogen-bond acceptors (Lipinski definition) is 4. The number of rotatable bonds is 7. The van der Waals surface area contributed by atoms with Gasteiger partial charge >= 0.3 is 12.1 Å². The zero-order valence-corrected chi connectivity index (χ0v) is 17.8. The number of amides is 1. The number of nitrogens with zero attached hydrogens (tertiary/aromatic N) is 1. The summed E-state index contributed by atoms with van der Waals surface area (Å²) in [5, 5.41) is 12.0. The second kappa shape index (κ2) is 9.72. The van der Waals surface area contributed by atoms with Crippen LogP contribution in [0.5, 0.6) is 5.75 Å². The average molecular weight is 458 g/mol. The van der Waals surface area contributed by atoms with E-state index in [1.807, 2.05) is 13.0 Å². The van der Waals surface area contributed by atoms with Crippen LogP contribution in [0.25, 0.3) is 11.3 Å². The maximum atomic E-state index is 13.0. The smallest absolute Gasteiger partial charge is 0.416 e. The van der Waals surface area contributed by atoms with Gasteiger partial charge in [-0.05, 0) is 48.4 Å². The highest BCUT2D eigenvalue weighted by Crippen LogP contribution is 2.36. The number of alkyl halides is 3. The SMILES string of the molecule is COc1cc(C(F)(F)F)ccc1-c1cccc(C(=O)NC(CC(=O)O)c2ccccc2C)n1. The van der Waals surface area contributed by atoms with Crippen molar-refractivity contribution in [3.8, 4) is 17.0 Å². The second-order valence-electron chi connectivity index (χ2n) is 7.30. The topological polar surface area (TPSA) is 88.5 Å². The lowest BCUT2D eigenvalue weighted by Crippen LogP contribution is -2.31. The molecule has 0 saturated heterocycles. The first-order valence-electron chi connectivity index (χ1n) is 9.91. The molecule has 172 valence electrons. The number of nitrogens with one attached hydrogen (secondary N) is 1. The molecule has 1 aromatic heterocycles. The molecule has 1 amide bonds. The summed E-state index contributed by atoms with van der Waals surface area (Å²) in [5.74, 6) is -1.74. The number of aliphatic carboxylic acids is 1. The average Bonchev–Trinajstić information content (AvgIpc) is 2.77. The monoisotopic (exact) mass is 458 g/mol. The Morgan fingerprint density at radius 2 is 1.82 bits per heavy atom. The Morgan fingerprint density at radius 3 is 2.45 bits per heavy atom. The molecule has 3 aromatic rings. The number of pyridine rings is 1. The summed E-state index contributed by atoms with van der Waals surface area (Å²) in [7, 11) is 1.24. The summed E-state index contributed by atoms with van der Waals surface area (Å²) in [6, 6.07) is 13.8. The van der Waals surface area contributed by atoms with Crippen LogP contribution in [0, 0.1) is 6.92 Å². The van der Waals surface area contributed by atoms with Crippen LogP contribution in [0.2, 0.25) is 0 Å². The molecular formula is C24H21F3N2O4. The van der Waals surface area contributed by atoms with Crippen LogP contribution in [0.4, 0.5) is 13.2 Å².